The molecule has 78 valence electrons. The number of benzene rings is 1. The minimum Gasteiger partial charge on any atom is -0.277 e. The molecule has 0 atom stereocenters. The van der Waals surface area contributed by atoms with Crippen LogP contribution in [-0.2, 0) is 0 Å². The molecule has 4 nitrogen and oxygen atoms in total. The molecular weight excluding hydrogens is 200 g/mol. The molecule has 1 aromatic carbocycles. The summed E-state index contributed by atoms with van der Waals surface area (Å²) in [6.07, 6.45) is 2.55. The van der Waals surface area contributed by atoms with Crippen molar-refractivity contribution in [1.82, 2.24) is 0 Å². The average molecular weight is 210 g/mol. The van der Waals surface area contributed by atoms with Crippen molar-refractivity contribution in [1.29, 1.82) is 10.5 Å². The molecule has 0 aliphatic heterocycles. The Balaban J connectivity index is 2.03. The van der Waals surface area contributed by atoms with Crippen LogP contribution in [0.2, 0.25) is 0 Å². The fourth-order valence-electron chi connectivity index (χ4n) is 1.44. The second kappa shape index (κ2) is 4.46. The Hall–Kier alpha value is -2.33. The molecule has 1 aliphatic carbocycles. The van der Waals surface area contributed by atoms with Crippen molar-refractivity contribution < 1.29 is 0 Å². The van der Waals surface area contributed by atoms with E-state index in [4.69, 9.17) is 10.5 Å². The lowest BCUT2D eigenvalue weighted by Crippen LogP contribution is -1.96. The van der Waals surface area contributed by atoms with E-state index in [0.29, 0.717) is 0 Å². The van der Waals surface area contributed by atoms with E-state index in [-0.39, 0.29) is 5.71 Å². The van der Waals surface area contributed by atoms with E-state index in [1.54, 1.807) is 12.1 Å². The minimum absolute atomic E-state index is 0.175. The molecule has 0 aromatic heterocycles. The summed E-state index contributed by atoms with van der Waals surface area (Å²) < 4.78 is 0. The third-order valence-corrected chi connectivity index (χ3v) is 2.47. The van der Waals surface area contributed by atoms with E-state index in [2.05, 4.69) is 10.5 Å². The Bertz CT molecular complexity index is 467. The van der Waals surface area contributed by atoms with Crippen LogP contribution in [0.15, 0.2) is 29.4 Å². The van der Waals surface area contributed by atoms with Gasteiger partial charge in [-0.25, -0.2) is 0 Å². The van der Waals surface area contributed by atoms with Crippen LogP contribution in [0.25, 0.3) is 0 Å². The van der Waals surface area contributed by atoms with Gasteiger partial charge in [0.25, 0.3) is 0 Å². The molecule has 1 aromatic rings. The first-order chi connectivity index (χ1) is 7.83. The minimum atomic E-state index is -0.175. The van der Waals surface area contributed by atoms with Gasteiger partial charge >= 0.3 is 0 Å². The smallest absolute Gasteiger partial charge is 0.237 e. The largest absolute Gasteiger partial charge is 0.277 e. The standard InChI is InChI=1S/C12H10N4/c13-7-12(8-14)16-15-11-5-3-10(4-6-11)9-1-2-9/h3-6,9,15H,1-2H2. The lowest BCUT2D eigenvalue weighted by molar-refractivity contribution is 1.13. The Morgan fingerprint density at radius 2 is 1.81 bits per heavy atom. The first kappa shape index (κ1) is 10.2. The molecule has 4 heteroatoms. The maximum absolute atomic E-state index is 8.49. The summed E-state index contributed by atoms with van der Waals surface area (Å²) in [6.45, 7) is 0. The topological polar surface area (TPSA) is 72.0 Å². The van der Waals surface area contributed by atoms with Gasteiger partial charge in [-0.05, 0) is 36.5 Å². The zero-order chi connectivity index (χ0) is 11.4. The van der Waals surface area contributed by atoms with Gasteiger partial charge in [0.05, 0.1) is 5.69 Å². The summed E-state index contributed by atoms with van der Waals surface area (Å²) >= 11 is 0. The van der Waals surface area contributed by atoms with Gasteiger partial charge in [0.15, 0.2) is 0 Å². The van der Waals surface area contributed by atoms with E-state index in [1.807, 2.05) is 24.3 Å². The second-order valence-corrected chi connectivity index (χ2v) is 3.69. The molecule has 0 spiro atoms. The van der Waals surface area contributed by atoms with Gasteiger partial charge in [-0.3, -0.25) is 5.43 Å². The van der Waals surface area contributed by atoms with Gasteiger partial charge in [0, 0.05) is 0 Å². The SMILES string of the molecule is N#CC(C#N)=NNc1ccc(C2CC2)cc1. The Kier molecular flexibility index (Phi) is 2.84. The lowest BCUT2D eigenvalue weighted by atomic mass is 10.1. The van der Waals surface area contributed by atoms with Crippen molar-refractivity contribution in [2.75, 3.05) is 5.43 Å². The molecule has 1 saturated carbocycles. The number of hydrogen-bond acceptors (Lipinski definition) is 4. The van der Waals surface area contributed by atoms with Gasteiger partial charge < -0.3 is 0 Å². The van der Waals surface area contributed by atoms with E-state index < -0.39 is 0 Å². The normalized spacial score (nSPS) is 13.4. The monoisotopic (exact) mass is 210 g/mol. The zero-order valence-electron chi connectivity index (χ0n) is 8.64. The summed E-state index contributed by atoms with van der Waals surface area (Å²) in [5.74, 6) is 0.728. The molecule has 0 heterocycles. The van der Waals surface area contributed by atoms with Crippen LogP contribution in [0.4, 0.5) is 5.69 Å². The highest BCUT2D eigenvalue weighted by atomic mass is 15.3. The van der Waals surface area contributed by atoms with Crippen molar-refractivity contribution in [3.63, 3.8) is 0 Å². The summed E-state index contributed by atoms with van der Waals surface area (Å²) in [4.78, 5) is 0. The van der Waals surface area contributed by atoms with Crippen molar-refractivity contribution >= 4 is 11.4 Å². The van der Waals surface area contributed by atoms with E-state index in [1.165, 1.54) is 18.4 Å². The van der Waals surface area contributed by atoms with Crippen molar-refractivity contribution in [2.24, 2.45) is 5.10 Å². The van der Waals surface area contributed by atoms with Gasteiger partial charge in [-0.1, -0.05) is 12.1 Å². The van der Waals surface area contributed by atoms with Gasteiger partial charge in [0.2, 0.25) is 5.71 Å². The predicted molar refractivity (Wildman–Crippen MR) is 60.7 cm³/mol. The highest BCUT2D eigenvalue weighted by Crippen LogP contribution is 2.40. The molecular formula is C12H10N4. The molecule has 16 heavy (non-hydrogen) atoms. The van der Waals surface area contributed by atoms with Gasteiger partial charge in [-0.2, -0.15) is 15.6 Å². The molecule has 0 saturated heterocycles. The van der Waals surface area contributed by atoms with Gasteiger partial charge in [0.1, 0.15) is 12.1 Å². The van der Waals surface area contributed by atoms with Crippen LogP contribution in [0.5, 0.6) is 0 Å². The number of hydrazone groups is 1. The molecule has 1 N–H and O–H groups in total. The van der Waals surface area contributed by atoms with Gasteiger partial charge in [-0.15, -0.1) is 0 Å². The molecule has 0 radical (unpaired) electrons. The predicted octanol–water partition coefficient (Wildman–Crippen LogP) is 2.38. The molecule has 0 bridgehead atoms. The maximum Gasteiger partial charge on any atom is 0.237 e. The van der Waals surface area contributed by atoms with Crippen LogP contribution in [0.1, 0.15) is 24.3 Å². The molecule has 0 amide bonds. The number of hydrogen-bond donors (Lipinski definition) is 1. The Morgan fingerprint density at radius 3 is 2.31 bits per heavy atom. The third kappa shape index (κ3) is 2.37. The average Bonchev–Trinajstić information content (AvgIpc) is 3.15. The molecule has 0 unspecified atom stereocenters. The third-order valence-electron chi connectivity index (χ3n) is 2.47. The Morgan fingerprint density at radius 1 is 1.19 bits per heavy atom. The summed E-state index contributed by atoms with van der Waals surface area (Å²) in [5.41, 5.74) is 4.63. The van der Waals surface area contributed by atoms with Crippen LogP contribution < -0.4 is 5.43 Å². The highest BCUT2D eigenvalue weighted by Gasteiger charge is 2.22. The lowest BCUT2D eigenvalue weighted by Gasteiger charge is -2.01. The maximum atomic E-state index is 8.49. The first-order valence-corrected chi connectivity index (χ1v) is 5.07. The fourth-order valence-corrected chi connectivity index (χ4v) is 1.44. The summed E-state index contributed by atoms with van der Waals surface area (Å²) in [7, 11) is 0. The number of nitriles is 2. The Labute approximate surface area is 93.8 Å². The highest BCUT2D eigenvalue weighted by molar-refractivity contribution is 6.10. The van der Waals surface area contributed by atoms with Crippen LogP contribution in [0.3, 0.4) is 0 Å². The quantitative estimate of drug-likeness (QED) is 0.615. The summed E-state index contributed by atoms with van der Waals surface area (Å²) in [5, 5.41) is 20.6. The molecule has 2 rings (SSSR count). The van der Waals surface area contributed by atoms with Crippen LogP contribution >= 0.6 is 0 Å². The van der Waals surface area contributed by atoms with Crippen molar-refractivity contribution in [2.45, 2.75) is 18.8 Å². The van der Waals surface area contributed by atoms with E-state index >= 15 is 0 Å². The zero-order valence-corrected chi connectivity index (χ0v) is 8.64. The number of anilines is 1. The number of nitrogens with one attached hydrogen (secondary N) is 1. The fraction of sp³-hybridized carbons (Fsp3) is 0.250. The molecule has 1 aliphatic rings. The van der Waals surface area contributed by atoms with Crippen molar-refractivity contribution in [3.8, 4) is 12.1 Å². The van der Waals surface area contributed by atoms with E-state index in [9.17, 15) is 0 Å². The summed E-state index contributed by atoms with van der Waals surface area (Å²) in [6, 6.07) is 11.3. The number of nitrogens with zero attached hydrogens (tertiary/aromatic N) is 3. The molecule has 1 fully saturated rings. The van der Waals surface area contributed by atoms with Crippen molar-refractivity contribution in [3.05, 3.63) is 29.8 Å². The first-order valence-electron chi connectivity index (χ1n) is 5.07. The number of rotatable bonds is 3. The van der Waals surface area contributed by atoms with Crippen LogP contribution in [0, 0.1) is 22.7 Å². The second-order valence-electron chi connectivity index (χ2n) is 3.69. The van der Waals surface area contributed by atoms with Crippen LogP contribution in [-0.4, -0.2) is 5.71 Å². The van der Waals surface area contributed by atoms with E-state index in [0.717, 1.165) is 11.6 Å².